The van der Waals surface area contributed by atoms with Gasteiger partial charge in [-0.1, -0.05) is 46.0 Å². The number of hydrogen-bond donors (Lipinski definition) is 2. The van der Waals surface area contributed by atoms with Crippen LogP contribution in [0.15, 0.2) is 4.99 Å². The van der Waals surface area contributed by atoms with Crippen molar-refractivity contribution in [2.45, 2.75) is 65.2 Å². The highest BCUT2D eigenvalue weighted by molar-refractivity contribution is 14.0. The predicted molar refractivity (Wildman–Crippen MR) is 99.0 cm³/mol. The summed E-state index contributed by atoms with van der Waals surface area (Å²) >= 11 is 0. The van der Waals surface area contributed by atoms with Gasteiger partial charge < -0.3 is 15.8 Å². The lowest BCUT2D eigenvalue weighted by molar-refractivity contribution is 0.128. The normalized spacial score (nSPS) is 11.2. The van der Waals surface area contributed by atoms with E-state index in [1.165, 1.54) is 38.5 Å². The molecule has 0 rings (SSSR count). The molecule has 20 heavy (non-hydrogen) atoms. The van der Waals surface area contributed by atoms with Crippen LogP contribution in [0.1, 0.15) is 65.2 Å². The highest BCUT2D eigenvalue weighted by Gasteiger charge is 1.93. The summed E-state index contributed by atoms with van der Waals surface area (Å²) in [6.45, 7) is 7.68. The van der Waals surface area contributed by atoms with Gasteiger partial charge in [-0.2, -0.15) is 0 Å². The molecule has 0 saturated heterocycles. The summed E-state index contributed by atoms with van der Waals surface area (Å²) in [5, 5.41) is 3.09. The third-order valence-corrected chi connectivity index (χ3v) is 2.92. The van der Waals surface area contributed by atoms with Crippen LogP contribution in [-0.4, -0.2) is 32.3 Å². The molecule has 0 fully saturated rings. The molecule has 0 aromatic carbocycles. The molecule has 0 bridgehead atoms. The van der Waals surface area contributed by atoms with Crippen LogP contribution in [0, 0.1) is 0 Å². The summed E-state index contributed by atoms with van der Waals surface area (Å²) in [4.78, 5) is 4.17. The van der Waals surface area contributed by atoms with Gasteiger partial charge in [0.15, 0.2) is 5.96 Å². The monoisotopic (exact) mass is 399 g/mol. The maximum Gasteiger partial charge on any atom is 0.188 e. The van der Waals surface area contributed by atoms with E-state index in [4.69, 9.17) is 10.5 Å². The number of ether oxygens (including phenoxy) is 1. The second-order valence-electron chi connectivity index (χ2n) is 4.93. The lowest BCUT2D eigenvalue weighted by Gasteiger charge is -2.06. The summed E-state index contributed by atoms with van der Waals surface area (Å²) in [6.07, 6.45) is 9.91. The van der Waals surface area contributed by atoms with Gasteiger partial charge in [0.25, 0.3) is 0 Å². The Kier molecular flexibility index (Phi) is 21.1. The summed E-state index contributed by atoms with van der Waals surface area (Å²) < 4.78 is 5.58. The number of rotatable bonds is 13. The number of unbranched alkanes of at least 4 members (excludes halogenated alkanes) is 5. The van der Waals surface area contributed by atoms with Crippen molar-refractivity contribution in [3.63, 3.8) is 0 Å². The van der Waals surface area contributed by atoms with Gasteiger partial charge >= 0.3 is 0 Å². The first-order valence-corrected chi connectivity index (χ1v) is 7.92. The minimum atomic E-state index is 0. The van der Waals surface area contributed by atoms with Crippen molar-refractivity contribution in [3.05, 3.63) is 0 Å². The third-order valence-electron chi connectivity index (χ3n) is 2.92. The Morgan fingerprint density at radius 2 is 1.60 bits per heavy atom. The fourth-order valence-electron chi connectivity index (χ4n) is 1.77. The first-order valence-electron chi connectivity index (χ1n) is 7.92. The van der Waals surface area contributed by atoms with Crippen molar-refractivity contribution in [2.24, 2.45) is 10.7 Å². The minimum absolute atomic E-state index is 0. The molecule has 4 nitrogen and oxygen atoms in total. The van der Waals surface area contributed by atoms with Gasteiger partial charge in [-0.15, -0.1) is 24.0 Å². The van der Waals surface area contributed by atoms with Crippen molar-refractivity contribution in [2.75, 3.05) is 26.3 Å². The number of aliphatic imine (C=N–C) groups is 1. The fourth-order valence-corrected chi connectivity index (χ4v) is 1.77. The van der Waals surface area contributed by atoms with Crippen LogP contribution in [0.2, 0.25) is 0 Å². The lowest BCUT2D eigenvalue weighted by atomic mass is 10.1. The molecule has 122 valence electrons. The molecular weight excluding hydrogens is 365 g/mol. The van der Waals surface area contributed by atoms with Gasteiger partial charge in [-0.05, 0) is 19.3 Å². The van der Waals surface area contributed by atoms with Crippen LogP contribution in [-0.2, 0) is 4.74 Å². The van der Waals surface area contributed by atoms with E-state index in [0.717, 1.165) is 39.1 Å². The van der Waals surface area contributed by atoms with Crippen LogP contribution < -0.4 is 11.1 Å². The Balaban J connectivity index is 0. The van der Waals surface area contributed by atoms with E-state index in [1.54, 1.807) is 0 Å². The van der Waals surface area contributed by atoms with Gasteiger partial charge in [-0.25, -0.2) is 0 Å². The van der Waals surface area contributed by atoms with Gasteiger partial charge in [0.05, 0.1) is 0 Å². The maximum absolute atomic E-state index is 5.68. The van der Waals surface area contributed by atoms with Crippen molar-refractivity contribution in [1.29, 1.82) is 0 Å². The average molecular weight is 399 g/mol. The Bertz CT molecular complexity index is 213. The first-order chi connectivity index (χ1) is 9.31. The molecule has 0 amide bonds. The van der Waals surface area contributed by atoms with Crippen molar-refractivity contribution < 1.29 is 4.74 Å². The van der Waals surface area contributed by atoms with E-state index in [-0.39, 0.29) is 24.0 Å². The van der Waals surface area contributed by atoms with Gasteiger partial charge in [-0.3, -0.25) is 4.99 Å². The SMILES string of the molecule is CCCCCCCCOCCCNC(N)=NCCC.I. The molecule has 5 heteroatoms. The molecule has 0 heterocycles. The summed E-state index contributed by atoms with van der Waals surface area (Å²) in [5.74, 6) is 0.553. The summed E-state index contributed by atoms with van der Waals surface area (Å²) in [5.41, 5.74) is 5.68. The average Bonchev–Trinajstić information content (AvgIpc) is 2.42. The number of hydrogen-bond acceptors (Lipinski definition) is 2. The topological polar surface area (TPSA) is 59.6 Å². The second kappa shape index (κ2) is 19.0. The lowest BCUT2D eigenvalue weighted by Crippen LogP contribution is -2.33. The zero-order chi connectivity index (χ0) is 14.2. The Labute approximate surface area is 142 Å². The van der Waals surface area contributed by atoms with Crippen LogP contribution in [0.4, 0.5) is 0 Å². The molecule has 0 aromatic rings. The van der Waals surface area contributed by atoms with Gasteiger partial charge in [0.1, 0.15) is 0 Å². The second-order valence-corrected chi connectivity index (χ2v) is 4.93. The quantitative estimate of drug-likeness (QED) is 0.215. The van der Waals surface area contributed by atoms with Gasteiger partial charge in [0.2, 0.25) is 0 Å². The Hall–Kier alpha value is -0.0400. The van der Waals surface area contributed by atoms with Crippen LogP contribution in [0.3, 0.4) is 0 Å². The fraction of sp³-hybridized carbons (Fsp3) is 0.933. The number of nitrogens with one attached hydrogen (secondary N) is 1. The molecule has 0 saturated carbocycles. The Morgan fingerprint density at radius 3 is 2.30 bits per heavy atom. The van der Waals surface area contributed by atoms with E-state index >= 15 is 0 Å². The van der Waals surface area contributed by atoms with E-state index in [1.807, 2.05) is 0 Å². The van der Waals surface area contributed by atoms with Crippen molar-refractivity contribution >= 4 is 29.9 Å². The third kappa shape index (κ3) is 18.0. The molecule has 3 N–H and O–H groups in total. The highest BCUT2D eigenvalue weighted by atomic mass is 127. The molecule has 0 spiro atoms. The van der Waals surface area contributed by atoms with E-state index in [2.05, 4.69) is 24.2 Å². The highest BCUT2D eigenvalue weighted by Crippen LogP contribution is 2.04. The number of halogens is 1. The molecule has 0 aliphatic rings. The van der Waals surface area contributed by atoms with Crippen LogP contribution in [0.25, 0.3) is 0 Å². The number of nitrogens with two attached hydrogens (primary N) is 1. The molecule has 0 unspecified atom stereocenters. The molecule has 0 aromatic heterocycles. The van der Waals surface area contributed by atoms with E-state index in [0.29, 0.717) is 5.96 Å². The predicted octanol–water partition coefficient (Wildman–Crippen LogP) is 3.69. The van der Waals surface area contributed by atoms with Crippen LogP contribution >= 0.6 is 24.0 Å². The first kappa shape index (κ1) is 22.2. The Morgan fingerprint density at radius 1 is 0.950 bits per heavy atom. The molecule has 0 atom stereocenters. The molecule has 0 aliphatic carbocycles. The minimum Gasteiger partial charge on any atom is -0.381 e. The standard InChI is InChI=1S/C15H33N3O.HI/c1-3-5-6-7-8-9-13-19-14-10-12-18-15(16)17-11-4-2;/h3-14H2,1-2H3,(H3,16,17,18);1H. The summed E-state index contributed by atoms with van der Waals surface area (Å²) in [7, 11) is 0. The van der Waals surface area contributed by atoms with Crippen molar-refractivity contribution in [1.82, 2.24) is 5.32 Å². The number of nitrogens with zero attached hydrogens (tertiary/aromatic N) is 1. The maximum atomic E-state index is 5.68. The zero-order valence-corrected chi connectivity index (χ0v) is 15.7. The molecule has 0 aliphatic heterocycles. The largest absolute Gasteiger partial charge is 0.381 e. The molecule has 0 radical (unpaired) electrons. The van der Waals surface area contributed by atoms with E-state index in [9.17, 15) is 0 Å². The number of guanidine groups is 1. The zero-order valence-electron chi connectivity index (χ0n) is 13.3. The smallest absolute Gasteiger partial charge is 0.188 e. The van der Waals surface area contributed by atoms with Crippen molar-refractivity contribution in [3.8, 4) is 0 Å². The molecular formula is C15H34IN3O. The summed E-state index contributed by atoms with van der Waals surface area (Å²) in [6, 6.07) is 0. The van der Waals surface area contributed by atoms with Gasteiger partial charge in [0, 0.05) is 26.3 Å². The van der Waals surface area contributed by atoms with E-state index < -0.39 is 0 Å². The van der Waals surface area contributed by atoms with Crippen LogP contribution in [0.5, 0.6) is 0 Å².